The predicted octanol–water partition coefficient (Wildman–Crippen LogP) is 4.11. The van der Waals surface area contributed by atoms with Crippen LogP contribution in [0.15, 0.2) is 42.5 Å². The number of ether oxygens (including phenoxy) is 1. The third-order valence-electron chi connectivity index (χ3n) is 4.18. The summed E-state index contributed by atoms with van der Waals surface area (Å²) < 4.78 is 31.9. The number of rotatable bonds is 6. The molecular formula is C20H19F2N3O2. The maximum Gasteiger partial charge on any atom is 0.228 e. The van der Waals surface area contributed by atoms with E-state index >= 15 is 0 Å². The smallest absolute Gasteiger partial charge is 0.228 e. The molecule has 0 aliphatic carbocycles. The van der Waals surface area contributed by atoms with Crippen molar-refractivity contribution >= 4 is 11.6 Å². The van der Waals surface area contributed by atoms with Crippen molar-refractivity contribution in [2.75, 3.05) is 12.4 Å². The Morgan fingerprint density at radius 3 is 2.52 bits per heavy atom. The number of aromatic nitrogens is 2. The largest absolute Gasteiger partial charge is 0.497 e. The van der Waals surface area contributed by atoms with E-state index in [9.17, 15) is 13.6 Å². The second kappa shape index (κ2) is 7.99. The van der Waals surface area contributed by atoms with E-state index in [1.165, 1.54) is 6.07 Å². The Kier molecular flexibility index (Phi) is 5.49. The quantitative estimate of drug-likeness (QED) is 0.685. The Morgan fingerprint density at radius 1 is 1.15 bits per heavy atom. The average molecular weight is 371 g/mol. The summed E-state index contributed by atoms with van der Waals surface area (Å²) in [6, 6.07) is 10.7. The molecule has 0 spiro atoms. The number of nitrogens with zero attached hydrogens (tertiary/aromatic N) is 1. The molecule has 0 aliphatic heterocycles. The predicted molar refractivity (Wildman–Crippen MR) is 98.6 cm³/mol. The minimum atomic E-state index is -0.968. The Morgan fingerprint density at radius 2 is 1.89 bits per heavy atom. The van der Waals surface area contributed by atoms with E-state index in [2.05, 4.69) is 15.5 Å². The topological polar surface area (TPSA) is 67.0 Å². The van der Waals surface area contributed by atoms with Gasteiger partial charge >= 0.3 is 0 Å². The van der Waals surface area contributed by atoms with Gasteiger partial charge in [0.2, 0.25) is 5.91 Å². The number of aromatic amines is 1. The average Bonchev–Trinajstić information content (AvgIpc) is 3.07. The second-order valence-electron chi connectivity index (χ2n) is 5.98. The number of carbonyl (C=O) groups is 1. The Bertz CT molecular complexity index is 952. The first kappa shape index (κ1) is 18.6. The number of anilines is 1. The summed E-state index contributed by atoms with van der Waals surface area (Å²) in [4.78, 5) is 12.5. The molecule has 3 aromatic rings. The van der Waals surface area contributed by atoms with Crippen molar-refractivity contribution in [3.63, 3.8) is 0 Å². The van der Waals surface area contributed by atoms with Gasteiger partial charge in [0.05, 0.1) is 24.9 Å². The van der Waals surface area contributed by atoms with Gasteiger partial charge in [-0.25, -0.2) is 8.78 Å². The molecule has 1 heterocycles. The van der Waals surface area contributed by atoms with E-state index in [0.29, 0.717) is 34.8 Å². The summed E-state index contributed by atoms with van der Waals surface area (Å²) in [5.74, 6) is -1.43. The van der Waals surface area contributed by atoms with Crippen molar-refractivity contribution in [1.82, 2.24) is 10.2 Å². The number of nitrogens with one attached hydrogen (secondary N) is 2. The maximum absolute atomic E-state index is 13.6. The van der Waals surface area contributed by atoms with Crippen LogP contribution in [0.25, 0.3) is 11.3 Å². The SMILES string of the molecule is CCc1[nH]nc(-c2ccc(F)c(F)c2)c1NC(=O)Cc1ccc(OC)cc1. The van der Waals surface area contributed by atoms with E-state index in [1.807, 2.05) is 19.1 Å². The first-order chi connectivity index (χ1) is 13.0. The lowest BCUT2D eigenvalue weighted by Crippen LogP contribution is -2.15. The Hall–Kier alpha value is -3.22. The van der Waals surface area contributed by atoms with Gasteiger partial charge < -0.3 is 10.1 Å². The first-order valence-electron chi connectivity index (χ1n) is 8.47. The molecule has 5 nitrogen and oxygen atoms in total. The molecule has 0 radical (unpaired) electrons. The van der Waals surface area contributed by atoms with Crippen molar-refractivity contribution in [3.8, 4) is 17.0 Å². The molecule has 27 heavy (non-hydrogen) atoms. The lowest BCUT2D eigenvalue weighted by molar-refractivity contribution is -0.115. The van der Waals surface area contributed by atoms with E-state index in [4.69, 9.17) is 4.74 Å². The number of methoxy groups -OCH3 is 1. The monoisotopic (exact) mass is 371 g/mol. The molecule has 0 fully saturated rings. The van der Waals surface area contributed by atoms with Gasteiger partial charge in [-0.05, 0) is 42.3 Å². The highest BCUT2D eigenvalue weighted by atomic mass is 19.2. The molecule has 0 atom stereocenters. The molecule has 0 aliphatic rings. The molecule has 7 heteroatoms. The number of hydrogen-bond donors (Lipinski definition) is 2. The standard InChI is InChI=1S/C20H19F2N3O2/c1-3-17-20(19(25-24-17)13-6-9-15(21)16(22)11-13)23-18(26)10-12-4-7-14(27-2)8-5-12/h4-9,11H,3,10H2,1-2H3,(H,23,26)(H,24,25). The zero-order chi connectivity index (χ0) is 19.4. The van der Waals surface area contributed by atoms with Gasteiger partial charge in [0.1, 0.15) is 11.4 Å². The molecule has 2 N–H and O–H groups in total. The summed E-state index contributed by atoms with van der Waals surface area (Å²) in [5.41, 5.74) is 2.75. The zero-order valence-corrected chi connectivity index (χ0v) is 15.0. The van der Waals surface area contributed by atoms with Gasteiger partial charge in [-0.3, -0.25) is 9.89 Å². The van der Waals surface area contributed by atoms with Gasteiger partial charge in [0.15, 0.2) is 11.6 Å². The zero-order valence-electron chi connectivity index (χ0n) is 15.0. The molecule has 1 aromatic heterocycles. The van der Waals surface area contributed by atoms with Crippen LogP contribution in [0, 0.1) is 11.6 Å². The number of halogens is 2. The minimum absolute atomic E-state index is 0.162. The highest BCUT2D eigenvalue weighted by Gasteiger charge is 2.18. The summed E-state index contributed by atoms with van der Waals surface area (Å²) in [7, 11) is 1.58. The van der Waals surface area contributed by atoms with Gasteiger partial charge in [-0.2, -0.15) is 5.10 Å². The van der Waals surface area contributed by atoms with Gasteiger partial charge in [0.25, 0.3) is 0 Å². The van der Waals surface area contributed by atoms with Crippen molar-refractivity contribution in [3.05, 3.63) is 65.4 Å². The summed E-state index contributed by atoms with van der Waals surface area (Å²) in [6.45, 7) is 1.90. The van der Waals surface area contributed by atoms with Crippen molar-refractivity contribution in [1.29, 1.82) is 0 Å². The van der Waals surface area contributed by atoms with Crippen LogP contribution >= 0.6 is 0 Å². The van der Waals surface area contributed by atoms with E-state index in [0.717, 1.165) is 17.7 Å². The van der Waals surface area contributed by atoms with Crippen LogP contribution in [0.3, 0.4) is 0 Å². The minimum Gasteiger partial charge on any atom is -0.497 e. The lowest BCUT2D eigenvalue weighted by Gasteiger charge is -2.09. The molecule has 3 rings (SSSR count). The molecular weight excluding hydrogens is 352 g/mol. The summed E-state index contributed by atoms with van der Waals surface area (Å²) in [6.07, 6.45) is 0.754. The van der Waals surface area contributed by atoms with E-state index < -0.39 is 11.6 Å². The Balaban J connectivity index is 1.83. The fraction of sp³-hybridized carbons (Fsp3) is 0.200. The van der Waals surface area contributed by atoms with Gasteiger partial charge in [0, 0.05) is 5.56 Å². The number of aryl methyl sites for hydroxylation is 1. The van der Waals surface area contributed by atoms with Crippen LogP contribution in [-0.2, 0) is 17.6 Å². The maximum atomic E-state index is 13.6. The number of carbonyl (C=O) groups excluding carboxylic acids is 1. The third-order valence-corrected chi connectivity index (χ3v) is 4.18. The number of H-pyrrole nitrogens is 1. The van der Waals surface area contributed by atoms with E-state index in [-0.39, 0.29) is 12.3 Å². The highest BCUT2D eigenvalue weighted by Crippen LogP contribution is 2.30. The molecule has 0 saturated heterocycles. The van der Waals surface area contributed by atoms with Crippen LogP contribution < -0.4 is 10.1 Å². The first-order valence-corrected chi connectivity index (χ1v) is 8.47. The molecule has 1 amide bonds. The molecule has 0 saturated carbocycles. The van der Waals surface area contributed by atoms with Gasteiger partial charge in [-0.15, -0.1) is 0 Å². The van der Waals surface area contributed by atoms with Crippen LogP contribution in [0.4, 0.5) is 14.5 Å². The van der Waals surface area contributed by atoms with Crippen LogP contribution in [-0.4, -0.2) is 23.2 Å². The summed E-state index contributed by atoms with van der Waals surface area (Å²) >= 11 is 0. The molecule has 0 unspecified atom stereocenters. The molecule has 0 bridgehead atoms. The lowest BCUT2D eigenvalue weighted by atomic mass is 10.1. The second-order valence-corrected chi connectivity index (χ2v) is 5.98. The van der Waals surface area contributed by atoms with Crippen LogP contribution in [0.1, 0.15) is 18.2 Å². The number of amides is 1. The van der Waals surface area contributed by atoms with Crippen LogP contribution in [0.5, 0.6) is 5.75 Å². The number of benzene rings is 2. The molecule has 140 valence electrons. The van der Waals surface area contributed by atoms with Crippen LogP contribution in [0.2, 0.25) is 0 Å². The van der Waals surface area contributed by atoms with Crippen molar-refractivity contribution in [2.45, 2.75) is 19.8 Å². The van der Waals surface area contributed by atoms with Crippen molar-refractivity contribution < 1.29 is 18.3 Å². The van der Waals surface area contributed by atoms with E-state index in [1.54, 1.807) is 19.2 Å². The Labute approximate surface area is 155 Å². The fourth-order valence-electron chi connectivity index (χ4n) is 2.73. The van der Waals surface area contributed by atoms with Gasteiger partial charge in [-0.1, -0.05) is 19.1 Å². The normalized spacial score (nSPS) is 10.7. The highest BCUT2D eigenvalue weighted by molar-refractivity contribution is 5.96. The third kappa shape index (κ3) is 4.13. The molecule has 2 aromatic carbocycles. The number of hydrogen-bond acceptors (Lipinski definition) is 3. The summed E-state index contributed by atoms with van der Waals surface area (Å²) in [5, 5.41) is 9.85. The van der Waals surface area contributed by atoms with Crippen molar-refractivity contribution in [2.24, 2.45) is 0 Å². The fourth-order valence-corrected chi connectivity index (χ4v) is 2.73.